The Morgan fingerprint density at radius 1 is 1.07 bits per heavy atom. The van der Waals surface area contributed by atoms with Crippen LogP contribution in [0.5, 0.6) is 11.5 Å². The normalized spacial score (nSPS) is 17.0. The van der Waals surface area contributed by atoms with Gasteiger partial charge in [-0.25, -0.2) is 9.07 Å². The predicted octanol–water partition coefficient (Wildman–Crippen LogP) is 4.37. The number of benzene rings is 2. The zero-order valence-corrected chi connectivity index (χ0v) is 16.1. The lowest BCUT2D eigenvalue weighted by Gasteiger charge is -2.25. The van der Waals surface area contributed by atoms with Crippen LogP contribution in [0.3, 0.4) is 0 Å². The Labute approximate surface area is 164 Å². The second kappa shape index (κ2) is 8.02. The van der Waals surface area contributed by atoms with Crippen molar-refractivity contribution in [2.45, 2.75) is 25.4 Å². The minimum Gasteiger partial charge on any atom is -0.493 e. The van der Waals surface area contributed by atoms with Gasteiger partial charge in [0.15, 0.2) is 11.5 Å². The lowest BCUT2D eigenvalue weighted by atomic mass is 10.0. The molecule has 1 aliphatic rings. The molecular formula is C22H24FN3O2. The zero-order valence-electron chi connectivity index (χ0n) is 16.1. The molecule has 0 aliphatic carbocycles. The Morgan fingerprint density at radius 3 is 2.61 bits per heavy atom. The molecule has 146 valence electrons. The molecule has 1 unspecified atom stereocenters. The van der Waals surface area contributed by atoms with E-state index in [-0.39, 0.29) is 5.82 Å². The van der Waals surface area contributed by atoms with Gasteiger partial charge < -0.3 is 9.47 Å². The molecule has 0 saturated carbocycles. The van der Waals surface area contributed by atoms with E-state index in [1.54, 1.807) is 31.0 Å². The highest BCUT2D eigenvalue weighted by atomic mass is 19.1. The second-order valence-electron chi connectivity index (χ2n) is 7.01. The molecule has 0 amide bonds. The van der Waals surface area contributed by atoms with Crippen molar-refractivity contribution in [2.75, 3.05) is 20.8 Å². The van der Waals surface area contributed by atoms with E-state index in [2.05, 4.69) is 22.1 Å². The maximum absolute atomic E-state index is 13.1. The van der Waals surface area contributed by atoms with Gasteiger partial charge in [0.25, 0.3) is 0 Å². The molecule has 1 atom stereocenters. The number of likely N-dealkylation sites (tertiary alicyclic amines) is 1. The largest absolute Gasteiger partial charge is 0.493 e. The summed E-state index contributed by atoms with van der Waals surface area (Å²) in [5.74, 6) is 1.26. The molecular weight excluding hydrogens is 357 g/mol. The molecule has 28 heavy (non-hydrogen) atoms. The van der Waals surface area contributed by atoms with Crippen molar-refractivity contribution < 1.29 is 13.9 Å². The number of methoxy groups -OCH3 is 2. The van der Waals surface area contributed by atoms with Crippen LogP contribution in [0, 0.1) is 5.82 Å². The number of halogens is 1. The Balaban J connectivity index is 1.51. The van der Waals surface area contributed by atoms with Crippen LogP contribution in [0.25, 0.3) is 5.69 Å². The lowest BCUT2D eigenvalue weighted by Crippen LogP contribution is -2.22. The van der Waals surface area contributed by atoms with Gasteiger partial charge in [-0.3, -0.25) is 4.90 Å². The van der Waals surface area contributed by atoms with E-state index >= 15 is 0 Å². The van der Waals surface area contributed by atoms with E-state index in [0.29, 0.717) is 6.04 Å². The first-order valence-electron chi connectivity index (χ1n) is 9.43. The molecule has 6 heteroatoms. The van der Waals surface area contributed by atoms with Crippen molar-refractivity contribution in [1.29, 1.82) is 0 Å². The van der Waals surface area contributed by atoms with Gasteiger partial charge >= 0.3 is 0 Å². The molecule has 1 saturated heterocycles. The van der Waals surface area contributed by atoms with Crippen molar-refractivity contribution in [3.05, 3.63) is 71.8 Å². The molecule has 3 aromatic rings. The summed E-state index contributed by atoms with van der Waals surface area (Å²) in [6.07, 6.45) is 6.16. The number of nitrogens with zero attached hydrogens (tertiary/aromatic N) is 3. The van der Waals surface area contributed by atoms with Crippen molar-refractivity contribution in [2.24, 2.45) is 0 Å². The quantitative estimate of drug-likeness (QED) is 0.636. The molecule has 0 radical (unpaired) electrons. The van der Waals surface area contributed by atoms with Crippen molar-refractivity contribution in [1.82, 2.24) is 14.7 Å². The van der Waals surface area contributed by atoms with Gasteiger partial charge in [0.05, 0.1) is 26.1 Å². The van der Waals surface area contributed by atoms with E-state index < -0.39 is 0 Å². The van der Waals surface area contributed by atoms with Gasteiger partial charge in [-0.05, 0) is 61.3 Å². The van der Waals surface area contributed by atoms with Gasteiger partial charge in [-0.15, -0.1) is 0 Å². The fourth-order valence-corrected chi connectivity index (χ4v) is 3.86. The molecule has 1 fully saturated rings. The summed E-state index contributed by atoms with van der Waals surface area (Å²) in [7, 11) is 3.32. The number of hydrogen-bond acceptors (Lipinski definition) is 4. The Kier molecular flexibility index (Phi) is 5.30. The van der Waals surface area contributed by atoms with Gasteiger partial charge in [0.1, 0.15) is 5.82 Å². The van der Waals surface area contributed by atoms with Crippen LogP contribution in [0.2, 0.25) is 0 Å². The highest BCUT2D eigenvalue weighted by Crippen LogP contribution is 2.37. The number of hydrogen-bond donors (Lipinski definition) is 0. The van der Waals surface area contributed by atoms with Gasteiger partial charge in [0.2, 0.25) is 0 Å². The summed E-state index contributed by atoms with van der Waals surface area (Å²) in [5.41, 5.74) is 3.23. The van der Waals surface area contributed by atoms with Crippen LogP contribution in [-0.2, 0) is 6.54 Å². The number of aromatic nitrogens is 2. The van der Waals surface area contributed by atoms with Gasteiger partial charge in [-0.2, -0.15) is 5.10 Å². The van der Waals surface area contributed by atoms with Crippen LogP contribution in [0.4, 0.5) is 4.39 Å². The maximum Gasteiger partial charge on any atom is 0.161 e. The van der Waals surface area contributed by atoms with E-state index in [9.17, 15) is 4.39 Å². The van der Waals surface area contributed by atoms with Crippen molar-refractivity contribution >= 4 is 0 Å². The smallest absolute Gasteiger partial charge is 0.161 e. The summed E-state index contributed by atoms with van der Waals surface area (Å²) >= 11 is 0. The molecule has 2 aromatic carbocycles. The lowest BCUT2D eigenvalue weighted by molar-refractivity contribution is 0.247. The van der Waals surface area contributed by atoms with Gasteiger partial charge in [0, 0.05) is 24.3 Å². The third-order valence-corrected chi connectivity index (χ3v) is 5.27. The van der Waals surface area contributed by atoms with Gasteiger partial charge in [-0.1, -0.05) is 6.07 Å². The Bertz CT molecular complexity index is 939. The summed E-state index contributed by atoms with van der Waals surface area (Å²) in [4.78, 5) is 2.47. The first kappa shape index (κ1) is 18.5. The highest BCUT2D eigenvalue weighted by Gasteiger charge is 2.27. The van der Waals surface area contributed by atoms with Crippen LogP contribution >= 0.6 is 0 Å². The number of rotatable bonds is 6. The predicted molar refractivity (Wildman–Crippen MR) is 105 cm³/mol. The van der Waals surface area contributed by atoms with E-state index in [1.165, 1.54) is 17.7 Å². The average Bonchev–Trinajstić information content (AvgIpc) is 3.38. The summed E-state index contributed by atoms with van der Waals surface area (Å²) in [6, 6.07) is 12.9. The molecule has 0 N–H and O–H groups in total. The fourth-order valence-electron chi connectivity index (χ4n) is 3.86. The summed E-state index contributed by atoms with van der Waals surface area (Å²) in [6.45, 7) is 1.86. The minimum atomic E-state index is -0.244. The second-order valence-corrected chi connectivity index (χ2v) is 7.01. The Morgan fingerprint density at radius 2 is 1.86 bits per heavy atom. The first-order chi connectivity index (χ1) is 13.7. The number of ether oxygens (including phenoxy) is 2. The molecule has 1 aromatic heterocycles. The molecule has 5 nitrogen and oxygen atoms in total. The van der Waals surface area contributed by atoms with Crippen LogP contribution in [-0.4, -0.2) is 35.4 Å². The fraction of sp³-hybridized carbons (Fsp3) is 0.318. The molecule has 0 bridgehead atoms. The van der Waals surface area contributed by atoms with E-state index in [1.807, 2.05) is 18.5 Å². The van der Waals surface area contributed by atoms with Crippen LogP contribution in [0.15, 0.2) is 54.9 Å². The monoisotopic (exact) mass is 381 g/mol. The first-order valence-corrected chi connectivity index (χ1v) is 9.43. The maximum atomic E-state index is 13.1. The van der Waals surface area contributed by atoms with Crippen molar-refractivity contribution in [3.63, 3.8) is 0 Å². The molecule has 2 heterocycles. The van der Waals surface area contributed by atoms with E-state index in [0.717, 1.165) is 48.7 Å². The summed E-state index contributed by atoms with van der Waals surface area (Å²) in [5, 5.41) is 4.44. The SMILES string of the molecule is COc1ccc(C2CCCN2Cc2cnn(-c3ccc(F)cc3)c2)cc1OC. The van der Waals surface area contributed by atoms with Crippen LogP contribution < -0.4 is 9.47 Å². The zero-order chi connectivity index (χ0) is 19.5. The standard InChI is InChI=1S/C22H24FN3O2/c1-27-21-10-5-17(12-22(21)28-2)20-4-3-11-25(20)14-16-13-24-26(15-16)19-8-6-18(23)7-9-19/h5-10,12-13,15,20H,3-4,11,14H2,1-2H3. The molecule has 0 spiro atoms. The topological polar surface area (TPSA) is 39.5 Å². The van der Waals surface area contributed by atoms with E-state index in [4.69, 9.17) is 9.47 Å². The van der Waals surface area contributed by atoms with Crippen molar-refractivity contribution in [3.8, 4) is 17.2 Å². The Hall–Kier alpha value is -2.86. The minimum absolute atomic E-state index is 0.244. The molecule has 1 aliphatic heterocycles. The van der Waals surface area contributed by atoms with Crippen LogP contribution in [0.1, 0.15) is 30.0 Å². The third-order valence-electron chi connectivity index (χ3n) is 5.27. The third kappa shape index (κ3) is 3.73. The molecule has 4 rings (SSSR count). The average molecular weight is 381 g/mol. The highest BCUT2D eigenvalue weighted by molar-refractivity contribution is 5.44. The summed E-state index contributed by atoms with van der Waals surface area (Å²) < 4.78 is 25.7.